The number of benzene rings is 2. The molecule has 122 valence electrons. The highest BCUT2D eigenvalue weighted by atomic mass is 16.5. The van der Waals surface area contributed by atoms with Gasteiger partial charge >= 0.3 is 0 Å². The summed E-state index contributed by atoms with van der Waals surface area (Å²) in [6.07, 6.45) is -0.364. The number of aryl methyl sites for hydroxylation is 1. The Morgan fingerprint density at radius 1 is 1.08 bits per heavy atom. The summed E-state index contributed by atoms with van der Waals surface area (Å²) in [6.45, 7) is 1.89. The van der Waals surface area contributed by atoms with Crippen molar-refractivity contribution in [2.45, 2.75) is 13.3 Å². The molecule has 0 aliphatic carbocycles. The van der Waals surface area contributed by atoms with E-state index in [1.54, 1.807) is 36.4 Å². The minimum Gasteiger partial charge on any atom is -0.495 e. The maximum absolute atomic E-state index is 12.1. The van der Waals surface area contributed by atoms with Crippen LogP contribution in [0.25, 0.3) is 0 Å². The van der Waals surface area contributed by atoms with Crippen LogP contribution in [-0.2, 0) is 9.59 Å². The van der Waals surface area contributed by atoms with E-state index in [1.165, 1.54) is 7.11 Å². The first-order chi connectivity index (χ1) is 11.5. The van der Waals surface area contributed by atoms with Gasteiger partial charge in [-0.05, 0) is 36.8 Å². The lowest BCUT2D eigenvalue weighted by molar-refractivity contribution is -0.123. The van der Waals surface area contributed by atoms with Gasteiger partial charge in [0.2, 0.25) is 11.8 Å². The Morgan fingerprint density at radius 3 is 2.42 bits per heavy atom. The van der Waals surface area contributed by atoms with Crippen molar-refractivity contribution in [3.8, 4) is 11.8 Å². The number of hydrogen-bond acceptors (Lipinski definition) is 4. The Balaban J connectivity index is 2.01. The van der Waals surface area contributed by atoms with Gasteiger partial charge < -0.3 is 15.4 Å². The van der Waals surface area contributed by atoms with Crippen LogP contribution in [0.15, 0.2) is 42.5 Å². The van der Waals surface area contributed by atoms with E-state index in [0.717, 1.165) is 5.56 Å². The number of rotatable bonds is 5. The van der Waals surface area contributed by atoms with E-state index in [4.69, 9.17) is 10.00 Å². The first-order valence-corrected chi connectivity index (χ1v) is 7.27. The number of nitriles is 1. The molecule has 6 heteroatoms. The Morgan fingerprint density at radius 2 is 1.75 bits per heavy atom. The van der Waals surface area contributed by atoms with Crippen molar-refractivity contribution >= 4 is 23.2 Å². The monoisotopic (exact) mass is 323 g/mol. The second-order valence-corrected chi connectivity index (χ2v) is 5.13. The zero-order chi connectivity index (χ0) is 17.5. The Kier molecular flexibility index (Phi) is 5.53. The molecule has 0 heterocycles. The zero-order valence-corrected chi connectivity index (χ0v) is 13.4. The molecule has 0 atom stereocenters. The Bertz CT molecular complexity index is 809. The van der Waals surface area contributed by atoms with Crippen LogP contribution in [0.2, 0.25) is 0 Å². The number of carbonyl (C=O) groups excluding carboxylic acids is 2. The topological polar surface area (TPSA) is 91.2 Å². The molecule has 0 bridgehead atoms. The smallest absolute Gasteiger partial charge is 0.233 e. The van der Waals surface area contributed by atoms with Crippen LogP contribution < -0.4 is 15.4 Å². The van der Waals surface area contributed by atoms with E-state index in [-0.39, 0.29) is 6.42 Å². The maximum atomic E-state index is 12.1. The molecule has 24 heavy (non-hydrogen) atoms. The summed E-state index contributed by atoms with van der Waals surface area (Å²) < 4.78 is 5.18. The Hall–Kier alpha value is -3.33. The number of anilines is 2. The largest absolute Gasteiger partial charge is 0.495 e. The third kappa shape index (κ3) is 4.34. The van der Waals surface area contributed by atoms with Crippen LogP contribution in [0.3, 0.4) is 0 Å². The van der Waals surface area contributed by atoms with Gasteiger partial charge in [0.1, 0.15) is 18.2 Å². The summed E-state index contributed by atoms with van der Waals surface area (Å²) in [6, 6.07) is 14.0. The molecule has 2 amide bonds. The molecule has 0 spiro atoms. The van der Waals surface area contributed by atoms with Crippen LogP contribution >= 0.6 is 0 Å². The van der Waals surface area contributed by atoms with Gasteiger partial charge in [0.15, 0.2) is 0 Å². The molecule has 0 aliphatic heterocycles. The number of nitrogens with one attached hydrogen (secondary N) is 2. The second kappa shape index (κ2) is 7.79. The molecule has 2 N–H and O–H groups in total. The number of nitrogens with zero attached hydrogens (tertiary/aromatic N) is 1. The highest BCUT2D eigenvalue weighted by molar-refractivity contribution is 6.08. The first kappa shape index (κ1) is 17.0. The average Bonchev–Trinajstić information content (AvgIpc) is 2.55. The van der Waals surface area contributed by atoms with E-state index in [1.807, 2.05) is 19.1 Å². The van der Waals surface area contributed by atoms with Gasteiger partial charge in [-0.15, -0.1) is 0 Å². The lowest BCUT2D eigenvalue weighted by Crippen LogP contribution is -2.22. The molecule has 0 saturated carbocycles. The summed E-state index contributed by atoms with van der Waals surface area (Å²) in [5.74, 6) is -0.447. The predicted molar refractivity (Wildman–Crippen MR) is 90.8 cm³/mol. The summed E-state index contributed by atoms with van der Waals surface area (Å²) >= 11 is 0. The highest BCUT2D eigenvalue weighted by Crippen LogP contribution is 2.25. The number of hydrogen-bond donors (Lipinski definition) is 2. The van der Waals surface area contributed by atoms with Crippen molar-refractivity contribution < 1.29 is 14.3 Å². The average molecular weight is 323 g/mol. The number of ether oxygens (including phenoxy) is 1. The molecule has 2 aromatic rings. The van der Waals surface area contributed by atoms with E-state index in [0.29, 0.717) is 22.7 Å². The lowest BCUT2D eigenvalue weighted by atomic mass is 10.2. The van der Waals surface area contributed by atoms with Gasteiger partial charge in [-0.25, -0.2) is 0 Å². The van der Waals surface area contributed by atoms with Crippen LogP contribution in [-0.4, -0.2) is 18.9 Å². The van der Waals surface area contributed by atoms with E-state index in [2.05, 4.69) is 10.6 Å². The lowest BCUT2D eigenvalue weighted by Gasteiger charge is -2.11. The van der Waals surface area contributed by atoms with Crippen LogP contribution in [0.5, 0.6) is 5.75 Å². The fourth-order valence-electron chi connectivity index (χ4n) is 2.14. The molecule has 0 fully saturated rings. The van der Waals surface area contributed by atoms with Crippen molar-refractivity contribution in [2.24, 2.45) is 0 Å². The summed E-state index contributed by atoms with van der Waals surface area (Å²) in [4.78, 5) is 24.0. The molecular weight excluding hydrogens is 306 g/mol. The van der Waals surface area contributed by atoms with Crippen LogP contribution in [0.1, 0.15) is 17.5 Å². The number of carbonyl (C=O) groups is 2. The quantitative estimate of drug-likeness (QED) is 0.828. The van der Waals surface area contributed by atoms with Crippen molar-refractivity contribution in [2.75, 3.05) is 17.7 Å². The first-order valence-electron chi connectivity index (χ1n) is 7.27. The van der Waals surface area contributed by atoms with Gasteiger partial charge in [-0.1, -0.05) is 18.2 Å². The molecule has 0 unspecified atom stereocenters. The third-order valence-corrected chi connectivity index (χ3v) is 3.27. The fraction of sp³-hybridized carbons (Fsp3) is 0.167. The molecule has 0 aromatic heterocycles. The van der Waals surface area contributed by atoms with E-state index >= 15 is 0 Å². The number of para-hydroxylation sites is 1. The normalized spacial score (nSPS) is 9.71. The Labute approximate surface area is 140 Å². The van der Waals surface area contributed by atoms with Gasteiger partial charge in [-0.3, -0.25) is 9.59 Å². The number of methoxy groups -OCH3 is 1. The minimum absolute atomic E-state index is 0.339. The van der Waals surface area contributed by atoms with Crippen LogP contribution in [0, 0.1) is 18.3 Å². The predicted octanol–water partition coefficient (Wildman–Crippen LogP) is 2.84. The molecular formula is C18H17N3O3. The van der Waals surface area contributed by atoms with Gasteiger partial charge in [0, 0.05) is 0 Å². The maximum Gasteiger partial charge on any atom is 0.233 e. The van der Waals surface area contributed by atoms with Gasteiger partial charge in [0.05, 0.1) is 24.0 Å². The van der Waals surface area contributed by atoms with Crippen molar-refractivity contribution in [3.63, 3.8) is 0 Å². The van der Waals surface area contributed by atoms with Crippen molar-refractivity contribution in [1.29, 1.82) is 5.26 Å². The SMILES string of the molecule is COc1ccc(C)cc1NC(=O)CC(=O)Nc1ccccc1C#N. The minimum atomic E-state index is -0.498. The van der Waals surface area contributed by atoms with Crippen LogP contribution in [0.4, 0.5) is 11.4 Å². The summed E-state index contributed by atoms with van der Waals surface area (Å²) in [5.41, 5.74) is 2.18. The van der Waals surface area contributed by atoms with E-state index in [9.17, 15) is 9.59 Å². The summed E-state index contributed by atoms with van der Waals surface area (Å²) in [7, 11) is 1.51. The van der Waals surface area contributed by atoms with Gasteiger partial charge in [0.25, 0.3) is 0 Å². The van der Waals surface area contributed by atoms with Crippen molar-refractivity contribution in [3.05, 3.63) is 53.6 Å². The summed E-state index contributed by atoms with van der Waals surface area (Å²) in [5, 5.41) is 14.2. The third-order valence-electron chi connectivity index (χ3n) is 3.27. The molecule has 6 nitrogen and oxygen atoms in total. The van der Waals surface area contributed by atoms with Gasteiger partial charge in [-0.2, -0.15) is 5.26 Å². The molecule has 2 rings (SSSR count). The number of amides is 2. The molecule has 0 saturated heterocycles. The molecule has 0 aliphatic rings. The molecule has 0 radical (unpaired) electrons. The fourth-order valence-corrected chi connectivity index (χ4v) is 2.14. The molecule has 2 aromatic carbocycles. The van der Waals surface area contributed by atoms with E-state index < -0.39 is 11.8 Å². The van der Waals surface area contributed by atoms with Crippen molar-refractivity contribution in [1.82, 2.24) is 0 Å². The standard InChI is InChI=1S/C18H17N3O3/c1-12-7-8-16(24-2)15(9-12)21-18(23)10-17(22)20-14-6-4-3-5-13(14)11-19/h3-9H,10H2,1-2H3,(H,20,22)(H,21,23). The zero-order valence-electron chi connectivity index (χ0n) is 13.4. The second-order valence-electron chi connectivity index (χ2n) is 5.13. The highest BCUT2D eigenvalue weighted by Gasteiger charge is 2.13.